The van der Waals surface area contributed by atoms with Gasteiger partial charge in [-0.15, -0.1) is 0 Å². The third-order valence-electron chi connectivity index (χ3n) is 3.24. The van der Waals surface area contributed by atoms with E-state index in [1.807, 2.05) is 47.2 Å². The summed E-state index contributed by atoms with van der Waals surface area (Å²) in [4.78, 5) is 11.2. The van der Waals surface area contributed by atoms with Crippen LogP contribution in [0.2, 0.25) is 5.02 Å². The van der Waals surface area contributed by atoms with Crippen LogP contribution in [0.25, 0.3) is 0 Å². The van der Waals surface area contributed by atoms with Crippen LogP contribution in [-0.4, -0.2) is 15.4 Å². The van der Waals surface area contributed by atoms with Crippen molar-refractivity contribution in [1.29, 1.82) is 0 Å². The normalized spacial score (nSPS) is 13.1. The molecule has 1 aliphatic rings. The molecular formula is C16H10ClN3S. The molecular weight excluding hydrogens is 302 g/mol. The van der Waals surface area contributed by atoms with E-state index < -0.39 is 0 Å². The van der Waals surface area contributed by atoms with Crippen molar-refractivity contribution in [3.8, 4) is 0 Å². The van der Waals surface area contributed by atoms with Gasteiger partial charge in [-0.1, -0.05) is 35.5 Å². The molecule has 0 N–H and O–H groups in total. The van der Waals surface area contributed by atoms with Crippen molar-refractivity contribution in [3.63, 3.8) is 0 Å². The first kappa shape index (κ1) is 12.7. The minimum atomic E-state index is 0.702. The molecule has 0 amide bonds. The van der Waals surface area contributed by atoms with E-state index in [2.05, 4.69) is 11.1 Å². The maximum atomic E-state index is 6.18. The molecule has 0 aliphatic carbocycles. The van der Waals surface area contributed by atoms with Crippen molar-refractivity contribution in [3.05, 3.63) is 71.8 Å². The van der Waals surface area contributed by atoms with Crippen LogP contribution in [0.1, 0.15) is 5.56 Å². The topological polar surface area (TPSA) is 30.2 Å². The predicted octanol–water partition coefficient (Wildman–Crippen LogP) is 4.63. The third-order valence-corrected chi connectivity index (χ3v) is 4.62. The molecule has 0 radical (unpaired) electrons. The van der Waals surface area contributed by atoms with E-state index in [1.165, 1.54) is 0 Å². The van der Waals surface area contributed by atoms with E-state index in [-0.39, 0.29) is 0 Å². The molecule has 0 spiro atoms. The molecule has 21 heavy (non-hydrogen) atoms. The fraction of sp³-hybridized carbons (Fsp3) is 0. The molecule has 2 aromatic carbocycles. The van der Waals surface area contributed by atoms with Gasteiger partial charge in [0.1, 0.15) is 12.2 Å². The highest BCUT2D eigenvalue weighted by atomic mass is 35.5. The third kappa shape index (κ3) is 2.26. The van der Waals surface area contributed by atoms with Gasteiger partial charge in [0.25, 0.3) is 0 Å². The number of hydrogen-bond donors (Lipinski definition) is 0. The summed E-state index contributed by atoms with van der Waals surface area (Å²) in [7, 11) is 0. The zero-order valence-corrected chi connectivity index (χ0v) is 12.5. The van der Waals surface area contributed by atoms with Crippen LogP contribution in [0.15, 0.2) is 76.0 Å². The number of nitrogens with zero attached hydrogens (tertiary/aromatic N) is 3. The minimum absolute atomic E-state index is 0.702. The molecule has 3 nitrogen and oxygen atoms in total. The highest BCUT2D eigenvalue weighted by Crippen LogP contribution is 2.40. The van der Waals surface area contributed by atoms with Gasteiger partial charge in [-0.2, -0.15) is 0 Å². The lowest BCUT2D eigenvalue weighted by atomic mass is 10.2. The average molecular weight is 312 g/mol. The van der Waals surface area contributed by atoms with E-state index in [0.717, 1.165) is 26.9 Å². The smallest absolute Gasteiger partial charge is 0.147 e. The molecule has 2 heterocycles. The Morgan fingerprint density at radius 3 is 2.81 bits per heavy atom. The number of para-hydroxylation sites is 1. The maximum Gasteiger partial charge on any atom is 0.147 e. The van der Waals surface area contributed by atoms with Gasteiger partial charge in [-0.25, -0.2) is 9.98 Å². The number of aliphatic imine (C=N–C) groups is 1. The Hall–Kier alpha value is -2.04. The van der Waals surface area contributed by atoms with Gasteiger partial charge in [0.05, 0.1) is 5.69 Å². The Kier molecular flexibility index (Phi) is 3.05. The number of hydrogen-bond acceptors (Lipinski definition) is 3. The van der Waals surface area contributed by atoms with E-state index in [9.17, 15) is 0 Å². The second-order valence-electron chi connectivity index (χ2n) is 4.62. The van der Waals surface area contributed by atoms with Crippen molar-refractivity contribution in [2.75, 3.05) is 0 Å². The summed E-state index contributed by atoms with van der Waals surface area (Å²) in [5.74, 6) is 0.836. The summed E-state index contributed by atoms with van der Waals surface area (Å²) in [6.07, 6.45) is 5.39. The standard InChI is InChI=1S/C16H10ClN3S/c17-11-5-6-14-12(9-11)16(20-8-7-18-10-20)19-13-3-1-2-4-15(13)21-14/h1-10H. The molecule has 3 aromatic rings. The number of imidazole rings is 1. The Bertz CT molecular complexity index is 840. The number of aromatic nitrogens is 2. The molecule has 0 bridgehead atoms. The van der Waals surface area contributed by atoms with Crippen molar-refractivity contribution >= 4 is 34.9 Å². The number of fused-ring (bicyclic) bond motifs is 2. The van der Waals surface area contributed by atoms with Gasteiger partial charge in [0, 0.05) is 32.8 Å². The zero-order valence-electron chi connectivity index (χ0n) is 10.9. The highest BCUT2D eigenvalue weighted by molar-refractivity contribution is 7.99. The summed E-state index contributed by atoms with van der Waals surface area (Å²) >= 11 is 7.88. The molecule has 5 heteroatoms. The molecule has 0 unspecified atom stereocenters. The fourth-order valence-corrected chi connectivity index (χ4v) is 3.45. The maximum absolute atomic E-state index is 6.18. The molecule has 0 saturated heterocycles. The first-order chi connectivity index (χ1) is 10.3. The molecule has 1 aliphatic heterocycles. The first-order valence-corrected chi connectivity index (χ1v) is 7.64. The Balaban J connectivity index is 2.02. The molecule has 0 fully saturated rings. The van der Waals surface area contributed by atoms with Crippen LogP contribution in [0, 0.1) is 0 Å². The number of halogens is 1. The van der Waals surface area contributed by atoms with Gasteiger partial charge >= 0.3 is 0 Å². The summed E-state index contributed by atoms with van der Waals surface area (Å²) < 4.78 is 1.91. The van der Waals surface area contributed by atoms with E-state index >= 15 is 0 Å². The van der Waals surface area contributed by atoms with Gasteiger partial charge in [-0.05, 0) is 30.3 Å². The van der Waals surface area contributed by atoms with Crippen LogP contribution >= 0.6 is 23.4 Å². The highest BCUT2D eigenvalue weighted by Gasteiger charge is 2.18. The van der Waals surface area contributed by atoms with Crippen LogP contribution < -0.4 is 0 Å². The SMILES string of the molecule is Clc1ccc2c(c1)C(n1ccnc1)=Nc1ccccc1S2. The van der Waals surface area contributed by atoms with Gasteiger partial charge in [0.2, 0.25) is 0 Å². The van der Waals surface area contributed by atoms with Crippen molar-refractivity contribution in [2.45, 2.75) is 9.79 Å². The molecule has 4 rings (SSSR count). The molecule has 0 atom stereocenters. The van der Waals surface area contributed by atoms with E-state index in [0.29, 0.717) is 5.02 Å². The van der Waals surface area contributed by atoms with Crippen LogP contribution in [0.3, 0.4) is 0 Å². The summed E-state index contributed by atoms with van der Waals surface area (Å²) in [6.45, 7) is 0. The summed E-state index contributed by atoms with van der Waals surface area (Å²) in [6, 6.07) is 14.0. The summed E-state index contributed by atoms with van der Waals surface area (Å²) in [5, 5.41) is 0.702. The lowest BCUT2D eigenvalue weighted by molar-refractivity contribution is 1.11. The minimum Gasteiger partial charge on any atom is -0.290 e. The lowest BCUT2D eigenvalue weighted by Gasteiger charge is -2.09. The number of rotatable bonds is 0. The van der Waals surface area contributed by atoms with Crippen LogP contribution in [-0.2, 0) is 0 Å². The first-order valence-electron chi connectivity index (χ1n) is 6.45. The van der Waals surface area contributed by atoms with Crippen molar-refractivity contribution < 1.29 is 0 Å². The van der Waals surface area contributed by atoms with Gasteiger partial charge in [0.15, 0.2) is 0 Å². The Labute approximate surface area is 131 Å². The Morgan fingerprint density at radius 1 is 1.05 bits per heavy atom. The van der Waals surface area contributed by atoms with Gasteiger partial charge in [-0.3, -0.25) is 4.57 Å². The second kappa shape index (κ2) is 5.06. The molecule has 0 saturated carbocycles. The quantitative estimate of drug-likeness (QED) is 0.474. The van der Waals surface area contributed by atoms with E-state index in [1.54, 1.807) is 24.3 Å². The summed E-state index contributed by atoms with van der Waals surface area (Å²) in [5.41, 5.74) is 1.97. The van der Waals surface area contributed by atoms with Gasteiger partial charge < -0.3 is 0 Å². The largest absolute Gasteiger partial charge is 0.290 e. The van der Waals surface area contributed by atoms with Crippen molar-refractivity contribution in [2.24, 2.45) is 4.99 Å². The zero-order chi connectivity index (χ0) is 14.2. The van der Waals surface area contributed by atoms with Crippen LogP contribution in [0.4, 0.5) is 5.69 Å². The fourth-order valence-electron chi connectivity index (χ4n) is 2.28. The van der Waals surface area contributed by atoms with Crippen molar-refractivity contribution in [1.82, 2.24) is 9.55 Å². The number of benzene rings is 2. The predicted molar refractivity (Wildman–Crippen MR) is 85.8 cm³/mol. The van der Waals surface area contributed by atoms with E-state index in [4.69, 9.17) is 16.6 Å². The average Bonchev–Trinajstić information content (AvgIpc) is 2.97. The second-order valence-corrected chi connectivity index (χ2v) is 6.14. The molecule has 1 aromatic heterocycles. The van der Waals surface area contributed by atoms with Crippen LogP contribution in [0.5, 0.6) is 0 Å². The lowest BCUT2D eigenvalue weighted by Crippen LogP contribution is -2.12. The molecule has 102 valence electrons. The monoisotopic (exact) mass is 311 g/mol. The Morgan fingerprint density at radius 2 is 1.95 bits per heavy atom.